The molecule has 1 fully saturated rings. The van der Waals surface area contributed by atoms with Crippen LogP contribution in [0.2, 0.25) is 0 Å². The molecule has 0 aromatic heterocycles. The molecule has 6 nitrogen and oxygen atoms in total. The van der Waals surface area contributed by atoms with Crippen LogP contribution in [0, 0.1) is 6.92 Å². The number of hydrogen-bond acceptors (Lipinski definition) is 4. The average molecular weight is 304 g/mol. The number of amides is 2. The van der Waals surface area contributed by atoms with E-state index < -0.39 is 12.0 Å². The fourth-order valence-corrected chi connectivity index (χ4v) is 2.20. The third kappa shape index (κ3) is 3.44. The minimum absolute atomic E-state index is 0.0747. The molecule has 1 saturated heterocycles. The van der Waals surface area contributed by atoms with Gasteiger partial charge in [0.15, 0.2) is 0 Å². The molecular formula is C16H20N2O4. The maximum absolute atomic E-state index is 12.3. The van der Waals surface area contributed by atoms with Gasteiger partial charge in [-0.1, -0.05) is 13.0 Å². The highest BCUT2D eigenvalue weighted by atomic mass is 16.5. The highest BCUT2D eigenvalue weighted by Crippen LogP contribution is 2.25. The summed E-state index contributed by atoms with van der Waals surface area (Å²) in [5.41, 5.74) is 1.96. The molecule has 1 aromatic rings. The number of aryl methyl sites for hydroxylation is 1. The van der Waals surface area contributed by atoms with Gasteiger partial charge < -0.3 is 15.0 Å². The van der Waals surface area contributed by atoms with Gasteiger partial charge in [-0.05, 0) is 31.0 Å². The number of methoxy groups -OCH3 is 1. The van der Waals surface area contributed by atoms with Crippen molar-refractivity contribution < 1.29 is 19.1 Å². The molecule has 6 heteroatoms. The summed E-state index contributed by atoms with van der Waals surface area (Å²) >= 11 is 0. The Morgan fingerprint density at radius 1 is 1.36 bits per heavy atom. The first kappa shape index (κ1) is 16.0. The van der Waals surface area contributed by atoms with Gasteiger partial charge in [0.1, 0.15) is 6.04 Å². The third-order valence-corrected chi connectivity index (χ3v) is 3.58. The lowest BCUT2D eigenvalue weighted by atomic mass is 10.1. The Hall–Kier alpha value is -2.37. The topological polar surface area (TPSA) is 75.5 Å². The molecule has 1 N–H and O–H groups in total. The summed E-state index contributed by atoms with van der Waals surface area (Å²) in [5.74, 6) is -0.715. The number of esters is 1. The van der Waals surface area contributed by atoms with Crippen molar-refractivity contribution in [2.45, 2.75) is 32.7 Å². The van der Waals surface area contributed by atoms with Crippen LogP contribution in [0.3, 0.4) is 0 Å². The largest absolute Gasteiger partial charge is 0.467 e. The van der Waals surface area contributed by atoms with Crippen LogP contribution in [0.5, 0.6) is 0 Å². The number of ether oxygens (including phenoxy) is 1. The quantitative estimate of drug-likeness (QED) is 0.664. The zero-order chi connectivity index (χ0) is 16.3. The molecule has 2 rings (SSSR count). The summed E-state index contributed by atoms with van der Waals surface area (Å²) in [6.07, 6.45) is 1.20. The summed E-state index contributed by atoms with van der Waals surface area (Å²) in [4.78, 5) is 36.8. The first-order chi connectivity index (χ1) is 10.5. The summed E-state index contributed by atoms with van der Waals surface area (Å²) in [5, 5.41) is 2.81. The molecule has 2 amide bonds. The van der Waals surface area contributed by atoms with Crippen molar-refractivity contribution in [3.05, 3.63) is 29.3 Å². The van der Waals surface area contributed by atoms with Gasteiger partial charge in [0.05, 0.1) is 13.7 Å². The van der Waals surface area contributed by atoms with E-state index in [2.05, 4.69) is 10.1 Å². The lowest BCUT2D eigenvalue weighted by molar-refractivity contribution is -0.140. The zero-order valence-corrected chi connectivity index (χ0v) is 13.0. The molecule has 0 saturated carbocycles. The van der Waals surface area contributed by atoms with Crippen LogP contribution in [-0.2, 0) is 14.3 Å². The Balaban J connectivity index is 2.11. The maximum atomic E-state index is 12.3. The molecule has 0 spiro atoms. The molecular weight excluding hydrogens is 284 g/mol. The van der Waals surface area contributed by atoms with E-state index in [1.807, 2.05) is 13.8 Å². The van der Waals surface area contributed by atoms with Crippen LogP contribution in [-0.4, -0.2) is 42.4 Å². The van der Waals surface area contributed by atoms with Crippen molar-refractivity contribution >= 4 is 23.5 Å². The number of nitrogens with zero attached hydrogens (tertiary/aromatic N) is 1. The van der Waals surface area contributed by atoms with Crippen molar-refractivity contribution in [1.82, 2.24) is 4.90 Å². The van der Waals surface area contributed by atoms with Crippen LogP contribution in [0.1, 0.15) is 35.7 Å². The second-order valence-corrected chi connectivity index (χ2v) is 5.32. The lowest BCUT2D eigenvalue weighted by Gasteiger charge is -2.10. The number of benzene rings is 1. The molecule has 1 aliphatic heterocycles. The summed E-state index contributed by atoms with van der Waals surface area (Å²) in [7, 11) is 1.30. The van der Waals surface area contributed by atoms with Crippen molar-refractivity contribution in [3.63, 3.8) is 0 Å². The minimum atomic E-state index is -0.489. The Labute approximate surface area is 129 Å². The van der Waals surface area contributed by atoms with Crippen LogP contribution in [0.4, 0.5) is 5.69 Å². The Bertz CT molecular complexity index is 612. The van der Waals surface area contributed by atoms with Crippen LogP contribution in [0.15, 0.2) is 18.2 Å². The molecule has 22 heavy (non-hydrogen) atoms. The summed E-state index contributed by atoms with van der Waals surface area (Å²) in [6.45, 7) is 4.17. The lowest BCUT2D eigenvalue weighted by Crippen LogP contribution is -2.20. The van der Waals surface area contributed by atoms with Crippen molar-refractivity contribution in [3.8, 4) is 0 Å². The zero-order valence-electron chi connectivity index (χ0n) is 13.0. The first-order valence-corrected chi connectivity index (χ1v) is 7.27. The minimum Gasteiger partial charge on any atom is -0.467 e. The number of rotatable bonds is 5. The molecule has 1 atom stereocenters. The Kier molecular flexibility index (Phi) is 4.80. The molecule has 118 valence electrons. The predicted octanol–water partition coefficient (Wildman–Crippen LogP) is 1.73. The standard InChI is InChI=1S/C16H20N2O4/c1-4-5-14(19)17-12-8-11(7-6-10(12)2)15(20)18-9-13(18)16(21)22-3/h6-8,13H,4-5,9H2,1-3H3,(H,17,19)/t13-,18?/m1/s1. The van der Waals surface area contributed by atoms with Gasteiger partial charge >= 0.3 is 5.97 Å². The molecule has 0 unspecified atom stereocenters. The summed E-state index contributed by atoms with van der Waals surface area (Å²) in [6, 6.07) is 4.64. The normalized spacial score (nSPS) is 16.1. The fraction of sp³-hybridized carbons (Fsp3) is 0.438. The van der Waals surface area contributed by atoms with Crippen LogP contribution >= 0.6 is 0 Å². The van der Waals surface area contributed by atoms with Gasteiger partial charge in [-0.15, -0.1) is 0 Å². The van der Waals surface area contributed by atoms with Crippen molar-refractivity contribution in [2.24, 2.45) is 0 Å². The van der Waals surface area contributed by atoms with Gasteiger partial charge in [0.25, 0.3) is 5.91 Å². The van der Waals surface area contributed by atoms with E-state index in [9.17, 15) is 14.4 Å². The number of carbonyl (C=O) groups excluding carboxylic acids is 3. The van der Waals surface area contributed by atoms with Gasteiger partial charge in [-0.25, -0.2) is 4.79 Å². The van der Waals surface area contributed by atoms with Crippen molar-refractivity contribution in [1.29, 1.82) is 0 Å². The number of hydrogen-bond donors (Lipinski definition) is 1. The highest BCUT2D eigenvalue weighted by molar-refractivity contribution is 6.01. The highest BCUT2D eigenvalue weighted by Gasteiger charge is 2.45. The molecule has 0 bridgehead atoms. The van der Waals surface area contributed by atoms with Gasteiger partial charge in [0.2, 0.25) is 5.91 Å². The number of carbonyl (C=O) groups is 3. The SMILES string of the molecule is CCCC(=O)Nc1cc(C(=O)N2C[C@@H]2C(=O)OC)ccc1C. The number of nitrogens with one attached hydrogen (secondary N) is 1. The third-order valence-electron chi connectivity index (χ3n) is 3.58. The van der Waals surface area contributed by atoms with Crippen LogP contribution < -0.4 is 5.32 Å². The Morgan fingerprint density at radius 2 is 2.09 bits per heavy atom. The Morgan fingerprint density at radius 3 is 2.73 bits per heavy atom. The van der Waals surface area contributed by atoms with Gasteiger partial charge in [-0.2, -0.15) is 0 Å². The van der Waals surface area contributed by atoms with E-state index in [1.165, 1.54) is 12.0 Å². The van der Waals surface area contributed by atoms with E-state index in [0.29, 0.717) is 24.2 Å². The van der Waals surface area contributed by atoms with E-state index in [4.69, 9.17) is 0 Å². The summed E-state index contributed by atoms with van der Waals surface area (Å²) < 4.78 is 4.62. The molecule has 1 aromatic carbocycles. The van der Waals surface area contributed by atoms with Gasteiger partial charge in [0, 0.05) is 17.7 Å². The van der Waals surface area contributed by atoms with E-state index in [0.717, 1.165) is 12.0 Å². The van der Waals surface area contributed by atoms with Crippen LogP contribution in [0.25, 0.3) is 0 Å². The second kappa shape index (κ2) is 6.60. The first-order valence-electron chi connectivity index (χ1n) is 7.27. The van der Waals surface area contributed by atoms with E-state index in [-0.39, 0.29) is 11.8 Å². The fourth-order valence-electron chi connectivity index (χ4n) is 2.20. The smallest absolute Gasteiger partial charge is 0.330 e. The molecule has 0 aliphatic carbocycles. The number of anilines is 1. The van der Waals surface area contributed by atoms with Crippen molar-refractivity contribution in [2.75, 3.05) is 19.0 Å². The molecule has 1 heterocycles. The second-order valence-electron chi connectivity index (χ2n) is 5.32. The van der Waals surface area contributed by atoms with E-state index >= 15 is 0 Å². The van der Waals surface area contributed by atoms with E-state index in [1.54, 1.807) is 18.2 Å². The predicted molar refractivity (Wildman–Crippen MR) is 81.6 cm³/mol. The monoisotopic (exact) mass is 304 g/mol. The molecule has 0 radical (unpaired) electrons. The molecule has 1 aliphatic rings. The maximum Gasteiger partial charge on any atom is 0.330 e. The van der Waals surface area contributed by atoms with Gasteiger partial charge in [-0.3, -0.25) is 9.59 Å². The average Bonchev–Trinajstić information content (AvgIpc) is 3.28.